The molecule has 9 heteroatoms. The highest BCUT2D eigenvalue weighted by Gasteiger charge is 2.44. The minimum absolute atomic E-state index is 0.121. The van der Waals surface area contributed by atoms with E-state index < -0.39 is 21.5 Å². The third-order valence-corrected chi connectivity index (χ3v) is 6.15. The molecule has 0 spiro atoms. The predicted octanol–water partition coefficient (Wildman–Crippen LogP) is 2.14. The summed E-state index contributed by atoms with van der Waals surface area (Å²) >= 11 is 0. The summed E-state index contributed by atoms with van der Waals surface area (Å²) in [6.07, 6.45) is 1.02. The Labute approximate surface area is 150 Å². The van der Waals surface area contributed by atoms with E-state index in [-0.39, 0.29) is 22.9 Å². The molecule has 0 unspecified atom stereocenters. The minimum Gasteiger partial charge on any atom is -0.465 e. The monoisotopic (exact) mass is 380 g/mol. The Balaban J connectivity index is 2.00. The average molecular weight is 380 g/mol. The van der Waals surface area contributed by atoms with Gasteiger partial charge >= 0.3 is 6.09 Å². The lowest BCUT2D eigenvalue weighted by Gasteiger charge is -2.46. The van der Waals surface area contributed by atoms with Gasteiger partial charge < -0.3 is 9.63 Å². The molecule has 2 N–H and O–H groups in total. The number of benzene rings is 1. The Hall–Kier alpha value is -2.55. The quantitative estimate of drug-likeness (QED) is 0.842. The molecule has 1 aromatic carbocycles. The number of aromatic nitrogens is 1. The Morgan fingerprint density at radius 2 is 2.00 bits per heavy atom. The van der Waals surface area contributed by atoms with Crippen LogP contribution in [0.5, 0.6) is 0 Å². The number of hydrogen-bond donors (Lipinski definition) is 2. The highest BCUT2D eigenvalue weighted by Crippen LogP contribution is 2.43. The number of piperidine rings is 1. The number of sulfone groups is 1. The van der Waals surface area contributed by atoms with Crippen LogP contribution in [0.25, 0.3) is 0 Å². The number of nitrogens with zero attached hydrogens (tertiary/aromatic N) is 1. The van der Waals surface area contributed by atoms with Crippen LogP contribution in [0, 0.1) is 0 Å². The van der Waals surface area contributed by atoms with Gasteiger partial charge in [0.05, 0.1) is 10.4 Å². The molecule has 140 valence electrons. The third-order valence-electron chi connectivity index (χ3n) is 5.02. The van der Waals surface area contributed by atoms with Crippen molar-refractivity contribution in [3.8, 4) is 0 Å². The van der Waals surface area contributed by atoms with E-state index in [0.29, 0.717) is 24.2 Å². The average Bonchev–Trinajstić information content (AvgIpc) is 3.00. The molecule has 26 heavy (non-hydrogen) atoms. The van der Waals surface area contributed by atoms with Crippen LogP contribution >= 0.6 is 0 Å². The Morgan fingerprint density at radius 1 is 1.35 bits per heavy atom. The van der Waals surface area contributed by atoms with Gasteiger partial charge in [-0.15, -0.1) is 0 Å². The molecule has 1 aromatic heterocycles. The number of carboxylic acid groups (broad SMARTS) is 1. The van der Waals surface area contributed by atoms with E-state index in [9.17, 15) is 23.1 Å². The fourth-order valence-electron chi connectivity index (χ4n) is 3.61. The van der Waals surface area contributed by atoms with Crippen molar-refractivity contribution < 1.29 is 22.8 Å². The largest absolute Gasteiger partial charge is 0.465 e. The zero-order valence-corrected chi connectivity index (χ0v) is 15.2. The lowest BCUT2D eigenvalue weighted by Crippen LogP contribution is -2.51. The van der Waals surface area contributed by atoms with Gasteiger partial charge in [-0.2, -0.15) is 5.16 Å². The van der Waals surface area contributed by atoms with E-state index in [1.807, 2.05) is 0 Å². The maximum atomic E-state index is 11.8. The van der Waals surface area contributed by atoms with Crippen LogP contribution in [-0.4, -0.2) is 42.5 Å². The summed E-state index contributed by atoms with van der Waals surface area (Å²) in [6.45, 7) is 2.08. The van der Waals surface area contributed by atoms with Crippen LogP contribution in [0.3, 0.4) is 0 Å². The number of aromatic amines is 1. The first-order valence-electron chi connectivity index (χ1n) is 8.11. The number of H-pyrrole nitrogens is 1. The number of likely N-dealkylation sites (tertiary alicyclic amines) is 1. The molecule has 8 nitrogen and oxygen atoms in total. The highest BCUT2D eigenvalue weighted by atomic mass is 32.2. The fraction of sp³-hybridized carbons (Fsp3) is 0.412. The van der Waals surface area contributed by atoms with Crippen molar-refractivity contribution in [1.29, 1.82) is 0 Å². The lowest BCUT2D eigenvalue weighted by molar-refractivity contribution is 0.0440. The van der Waals surface area contributed by atoms with Gasteiger partial charge in [-0.3, -0.25) is 9.69 Å². The zero-order valence-electron chi connectivity index (χ0n) is 14.4. The molecule has 1 aliphatic rings. The molecular formula is C17H20N2O6S. The topological polar surface area (TPSA) is 121 Å². The number of rotatable bonds is 3. The SMILES string of the molecule is C[C@]1(c2ccc(S(C)(=O)=O)cc2)C[C@@H](c2cc(=O)[nH]o2)CCN1C(=O)O. The fourth-order valence-corrected chi connectivity index (χ4v) is 4.24. The summed E-state index contributed by atoms with van der Waals surface area (Å²) in [5.74, 6) is 0.378. The van der Waals surface area contributed by atoms with Crippen LogP contribution in [0.1, 0.15) is 37.0 Å². The van der Waals surface area contributed by atoms with Crippen LogP contribution in [0.2, 0.25) is 0 Å². The number of hydrogen-bond acceptors (Lipinski definition) is 5. The zero-order chi connectivity index (χ0) is 19.1. The molecule has 2 atom stereocenters. The van der Waals surface area contributed by atoms with Crippen molar-refractivity contribution in [2.24, 2.45) is 0 Å². The van der Waals surface area contributed by atoms with Crippen molar-refractivity contribution in [3.63, 3.8) is 0 Å². The van der Waals surface area contributed by atoms with Gasteiger partial charge in [0.15, 0.2) is 9.84 Å². The summed E-state index contributed by atoms with van der Waals surface area (Å²) in [7, 11) is -3.33. The van der Waals surface area contributed by atoms with Gasteiger partial charge in [-0.05, 0) is 37.5 Å². The van der Waals surface area contributed by atoms with Gasteiger partial charge in [0.1, 0.15) is 5.76 Å². The van der Waals surface area contributed by atoms with Crippen molar-refractivity contribution in [2.45, 2.75) is 36.1 Å². The van der Waals surface area contributed by atoms with E-state index in [2.05, 4.69) is 5.16 Å². The van der Waals surface area contributed by atoms with Crippen molar-refractivity contribution >= 4 is 15.9 Å². The molecule has 1 fully saturated rings. The maximum Gasteiger partial charge on any atom is 0.408 e. The Kier molecular flexibility index (Phi) is 4.43. The first-order valence-corrected chi connectivity index (χ1v) is 10.00. The molecule has 0 radical (unpaired) electrons. The molecule has 1 aliphatic heterocycles. The smallest absolute Gasteiger partial charge is 0.408 e. The molecule has 2 heterocycles. The second-order valence-electron chi connectivity index (χ2n) is 6.81. The van der Waals surface area contributed by atoms with E-state index in [1.165, 1.54) is 23.1 Å². The summed E-state index contributed by atoms with van der Waals surface area (Å²) in [4.78, 5) is 24.7. The normalized spacial score (nSPS) is 23.8. The van der Waals surface area contributed by atoms with Crippen LogP contribution < -0.4 is 5.56 Å². The molecule has 1 saturated heterocycles. The van der Waals surface area contributed by atoms with Gasteiger partial charge in [-0.25, -0.2) is 13.2 Å². The minimum atomic E-state index is -3.33. The molecule has 0 aliphatic carbocycles. The first kappa shape index (κ1) is 18.2. The van der Waals surface area contributed by atoms with Crippen LogP contribution in [-0.2, 0) is 15.4 Å². The number of carbonyl (C=O) groups is 1. The van der Waals surface area contributed by atoms with Crippen molar-refractivity contribution in [3.05, 3.63) is 52.0 Å². The second-order valence-corrected chi connectivity index (χ2v) is 8.83. The van der Waals surface area contributed by atoms with Gasteiger partial charge in [0.2, 0.25) is 0 Å². The van der Waals surface area contributed by atoms with E-state index >= 15 is 0 Å². The number of amides is 1. The van der Waals surface area contributed by atoms with Crippen molar-refractivity contribution in [2.75, 3.05) is 12.8 Å². The molecule has 1 amide bonds. The standard InChI is InChI=1S/C17H20N2O6S/c1-17(12-3-5-13(6-4-12)26(2,23)24)10-11(7-8-19(17)16(21)22)14-9-15(20)18-25-14/h3-6,9,11H,7-8,10H2,1-2H3,(H,18,20)(H,21,22)/t11-,17+/m0/s1. The van der Waals surface area contributed by atoms with Crippen LogP contribution in [0.4, 0.5) is 4.79 Å². The molecule has 2 aromatic rings. The lowest BCUT2D eigenvalue weighted by atomic mass is 9.76. The van der Waals surface area contributed by atoms with E-state index in [4.69, 9.17) is 4.52 Å². The Morgan fingerprint density at radius 3 is 2.50 bits per heavy atom. The van der Waals surface area contributed by atoms with Crippen molar-refractivity contribution in [1.82, 2.24) is 10.1 Å². The predicted molar refractivity (Wildman–Crippen MR) is 92.9 cm³/mol. The van der Waals surface area contributed by atoms with Gasteiger partial charge in [0, 0.05) is 24.8 Å². The molecule has 0 bridgehead atoms. The Bertz CT molecular complexity index is 975. The van der Waals surface area contributed by atoms with E-state index in [1.54, 1.807) is 19.1 Å². The molecule has 3 rings (SSSR count). The van der Waals surface area contributed by atoms with Gasteiger partial charge in [0.25, 0.3) is 5.56 Å². The summed E-state index contributed by atoms with van der Waals surface area (Å²) in [6, 6.07) is 7.63. The van der Waals surface area contributed by atoms with Crippen LogP contribution in [0.15, 0.2) is 44.5 Å². The highest BCUT2D eigenvalue weighted by molar-refractivity contribution is 7.90. The second kappa shape index (κ2) is 6.31. The summed E-state index contributed by atoms with van der Waals surface area (Å²) in [5, 5.41) is 11.9. The number of nitrogens with one attached hydrogen (secondary N) is 1. The molecular weight excluding hydrogens is 360 g/mol. The third kappa shape index (κ3) is 3.26. The summed E-state index contributed by atoms with van der Waals surface area (Å²) < 4.78 is 28.5. The first-order chi connectivity index (χ1) is 12.1. The summed E-state index contributed by atoms with van der Waals surface area (Å²) in [5.41, 5.74) is -0.518. The van der Waals surface area contributed by atoms with Gasteiger partial charge in [-0.1, -0.05) is 12.1 Å². The maximum absolute atomic E-state index is 11.8. The molecule has 0 saturated carbocycles. The van der Waals surface area contributed by atoms with E-state index in [0.717, 1.165) is 6.26 Å².